The zero-order valence-electron chi connectivity index (χ0n) is 11.8. The van der Waals surface area contributed by atoms with Gasteiger partial charge in [0, 0.05) is 18.3 Å². The summed E-state index contributed by atoms with van der Waals surface area (Å²) in [6.07, 6.45) is 0. The first-order chi connectivity index (χ1) is 7.41. The minimum atomic E-state index is -1.85. The number of rotatable bonds is 4. The Morgan fingerprint density at radius 2 is 0.706 bits per heavy atom. The topological polar surface area (TPSA) is 18.5 Å². The molecule has 0 heterocycles. The molecule has 9 heteroatoms. The van der Waals surface area contributed by atoms with Crippen molar-refractivity contribution in [3.05, 3.63) is 0 Å². The molecule has 0 aliphatic carbocycles. The van der Waals surface area contributed by atoms with Crippen molar-refractivity contribution in [3.63, 3.8) is 0 Å². The lowest BCUT2D eigenvalue weighted by atomic mass is 11.8. The third-order valence-corrected chi connectivity index (χ3v) is 9.94. The van der Waals surface area contributed by atoms with Gasteiger partial charge in [0.25, 0.3) is 0 Å². The van der Waals surface area contributed by atoms with E-state index in [1.807, 2.05) is 0 Å². The summed E-state index contributed by atoms with van der Waals surface area (Å²) in [5.74, 6) is 0. The molecule has 0 aromatic carbocycles. The summed E-state index contributed by atoms with van der Waals surface area (Å²) in [5, 5.41) is 0. The summed E-state index contributed by atoms with van der Waals surface area (Å²) < 4.78 is 44.2. The van der Waals surface area contributed by atoms with Crippen LogP contribution in [0.1, 0.15) is 0 Å². The van der Waals surface area contributed by atoms with E-state index in [-0.39, 0.29) is 0 Å². The highest BCUT2D eigenvalue weighted by molar-refractivity contribution is 6.87. The maximum Gasteiger partial charge on any atom is 0.311 e. The maximum atomic E-state index is 8.00. The lowest BCUT2D eigenvalue weighted by Crippen LogP contribution is -2.50. The average Bonchev–Trinajstić information content (AvgIpc) is 2.02. The number of hydrogen-bond donors (Lipinski definition) is 0. The van der Waals surface area contributed by atoms with E-state index >= 15 is 0 Å². The molecule has 0 aliphatic heterocycles. The van der Waals surface area contributed by atoms with Gasteiger partial charge in [0.1, 0.15) is 0 Å². The summed E-state index contributed by atoms with van der Waals surface area (Å²) in [6.45, 7) is 17.6. The molecular formula is C8H24F4O2Si3. The van der Waals surface area contributed by atoms with Gasteiger partial charge in [-0.05, 0) is 52.4 Å². The molecule has 0 aliphatic rings. The van der Waals surface area contributed by atoms with Crippen LogP contribution in [0.25, 0.3) is 0 Å². The molecule has 0 N–H and O–H groups in total. The van der Waals surface area contributed by atoms with E-state index in [1.165, 1.54) is 0 Å². The third-order valence-electron chi connectivity index (χ3n) is 1.10. The molecule has 0 aromatic heterocycles. The Bertz CT molecular complexity index is 163. The number of hydrogen-bond acceptors (Lipinski definition) is 2. The molecule has 0 fully saturated rings. The number of halogens is 4. The third kappa shape index (κ3) is 22.0. The van der Waals surface area contributed by atoms with Gasteiger partial charge >= 0.3 is 8.56 Å². The maximum absolute atomic E-state index is 8.00. The molecule has 17 heavy (non-hydrogen) atoms. The van der Waals surface area contributed by atoms with E-state index in [2.05, 4.69) is 52.4 Å². The fraction of sp³-hybridized carbons (Fsp3) is 1.00. The Labute approximate surface area is 105 Å². The van der Waals surface area contributed by atoms with E-state index in [0.717, 1.165) is 0 Å². The highest BCUT2D eigenvalue weighted by atomic mass is 28.5. The Morgan fingerprint density at radius 3 is 0.824 bits per heavy atom. The van der Waals surface area contributed by atoms with Crippen molar-refractivity contribution in [1.29, 1.82) is 0 Å². The minimum Gasteiger partial charge on any atom is -0.437 e. The normalized spacial score (nSPS) is 12.0. The molecule has 0 saturated heterocycles. The molecule has 0 radical (unpaired) electrons. The predicted octanol–water partition coefficient (Wildman–Crippen LogP) is 5.07. The van der Waals surface area contributed by atoms with Gasteiger partial charge in [-0.15, -0.1) is 0 Å². The van der Waals surface area contributed by atoms with Crippen LogP contribution in [0, 0.1) is 0 Å². The molecule has 108 valence electrons. The zero-order chi connectivity index (χ0) is 14.9. The van der Waals surface area contributed by atoms with Crippen molar-refractivity contribution in [2.24, 2.45) is 0 Å². The summed E-state index contributed by atoms with van der Waals surface area (Å²) >= 11 is 0. The van der Waals surface area contributed by atoms with Crippen molar-refractivity contribution >= 4 is 25.2 Å². The molecule has 0 spiro atoms. The molecular weight excluding hydrogens is 288 g/mol. The fourth-order valence-corrected chi connectivity index (χ4v) is 13.8. The van der Waals surface area contributed by atoms with Gasteiger partial charge in [-0.25, -0.2) is 0 Å². The highest BCUT2D eigenvalue weighted by Gasteiger charge is 2.35. The quantitative estimate of drug-likeness (QED) is 0.533. The minimum absolute atomic E-state index is 1.43. The van der Waals surface area contributed by atoms with E-state index in [1.54, 1.807) is 0 Å². The molecule has 0 atom stereocenters. The van der Waals surface area contributed by atoms with E-state index in [0.29, 0.717) is 0 Å². The van der Waals surface area contributed by atoms with E-state index in [4.69, 9.17) is 26.5 Å². The van der Waals surface area contributed by atoms with E-state index in [9.17, 15) is 0 Å². The van der Waals surface area contributed by atoms with Crippen LogP contribution in [0.2, 0.25) is 52.4 Å². The molecule has 0 bridgehead atoms. The van der Waals surface area contributed by atoms with Crippen LogP contribution in [0.5, 0.6) is 0 Å². The Morgan fingerprint density at radius 1 is 0.529 bits per heavy atom. The predicted molar refractivity (Wildman–Crippen MR) is 70.8 cm³/mol. The highest BCUT2D eigenvalue weighted by Crippen LogP contribution is 2.19. The second kappa shape index (κ2) is 9.25. The van der Waals surface area contributed by atoms with Gasteiger partial charge in [0.05, 0.1) is 0 Å². The molecule has 2 nitrogen and oxygen atoms in total. The fourth-order valence-electron chi connectivity index (χ4n) is 1.50. The first-order valence-electron chi connectivity index (χ1n) is 5.10. The molecule has 0 unspecified atom stereocenters. The van der Waals surface area contributed by atoms with Crippen LogP contribution < -0.4 is 0 Å². The van der Waals surface area contributed by atoms with Crippen LogP contribution in [0.15, 0.2) is 0 Å². The second-order valence-corrected chi connectivity index (χ2v) is 18.7. The van der Waals surface area contributed by atoms with Gasteiger partial charge in [-0.1, -0.05) is 0 Å². The van der Waals surface area contributed by atoms with E-state index < -0.39 is 25.2 Å². The summed E-state index contributed by atoms with van der Waals surface area (Å²) in [6, 6.07) is 0. The SMILES string of the molecule is C[Si](C)(C)O[Si](C)(C)O[Si](C)(C)C.FF.FF. The molecule has 0 aromatic rings. The largest absolute Gasteiger partial charge is 0.437 e. The summed E-state index contributed by atoms with van der Waals surface area (Å²) in [5.41, 5.74) is 0. The van der Waals surface area contributed by atoms with Gasteiger partial charge in [-0.3, -0.25) is 0 Å². The van der Waals surface area contributed by atoms with Gasteiger partial charge in [0.2, 0.25) is 0 Å². The van der Waals surface area contributed by atoms with Crippen LogP contribution in [0.3, 0.4) is 0 Å². The van der Waals surface area contributed by atoms with Gasteiger partial charge in [0.15, 0.2) is 16.6 Å². The first-order valence-corrected chi connectivity index (χ1v) is 14.7. The smallest absolute Gasteiger partial charge is 0.311 e. The lowest BCUT2D eigenvalue weighted by Gasteiger charge is -2.35. The van der Waals surface area contributed by atoms with Crippen molar-refractivity contribution in [2.75, 3.05) is 0 Å². The van der Waals surface area contributed by atoms with Crippen LogP contribution in [0.4, 0.5) is 18.3 Å². The average molecular weight is 313 g/mol. The Hall–Kier alpha value is 0.291. The van der Waals surface area contributed by atoms with Crippen molar-refractivity contribution in [2.45, 2.75) is 52.4 Å². The lowest BCUT2D eigenvalue weighted by molar-refractivity contribution is 0.108. The van der Waals surface area contributed by atoms with Crippen molar-refractivity contribution in [1.82, 2.24) is 0 Å². The first kappa shape index (κ1) is 22.5. The zero-order valence-corrected chi connectivity index (χ0v) is 14.8. The van der Waals surface area contributed by atoms with Gasteiger partial charge < -0.3 is 8.23 Å². The van der Waals surface area contributed by atoms with Crippen molar-refractivity contribution in [3.8, 4) is 0 Å². The molecule has 0 rings (SSSR count). The standard InChI is InChI=1S/C8H24O2Si3.2F2/c1-11(2,3)9-13(7,8)10-12(4,5)6;2*1-2/h1-8H3;;. The Kier molecular flexibility index (Phi) is 12.2. The molecule has 0 amide bonds. The molecule has 0 saturated carbocycles. The summed E-state index contributed by atoms with van der Waals surface area (Å²) in [7, 11) is -4.72. The monoisotopic (exact) mass is 312 g/mol. The summed E-state index contributed by atoms with van der Waals surface area (Å²) in [4.78, 5) is 0. The van der Waals surface area contributed by atoms with Gasteiger partial charge in [-0.2, -0.15) is 0 Å². The van der Waals surface area contributed by atoms with Crippen LogP contribution >= 0.6 is 0 Å². The van der Waals surface area contributed by atoms with Crippen LogP contribution in [-0.2, 0) is 8.23 Å². The Balaban J connectivity index is -0.000000439. The van der Waals surface area contributed by atoms with Crippen LogP contribution in [-0.4, -0.2) is 25.2 Å². The second-order valence-electron chi connectivity index (χ2n) is 5.83. The van der Waals surface area contributed by atoms with Crippen molar-refractivity contribution < 1.29 is 26.5 Å².